The molecule has 6 rings (SSSR count). The molecule has 0 radical (unpaired) electrons. The van der Waals surface area contributed by atoms with E-state index in [-0.39, 0.29) is 83.0 Å². The fraction of sp³-hybridized carbons (Fsp3) is 0.343. The maximum absolute atomic E-state index is 15.1. The molecule has 0 saturated carbocycles. The molecular formula is C35H35ClF4N10O4. The number of amides is 2. The number of carbonyl (C=O) groups is 2. The Balaban J connectivity index is 1.39. The highest BCUT2D eigenvalue weighted by atomic mass is 35.5. The summed E-state index contributed by atoms with van der Waals surface area (Å²) in [5.41, 5.74) is -0.326. The first-order chi connectivity index (χ1) is 25.6. The number of aromatic nitrogens is 6. The maximum atomic E-state index is 15.1. The molecule has 0 aliphatic carbocycles. The monoisotopic (exact) mass is 770 g/mol. The lowest BCUT2D eigenvalue weighted by molar-refractivity contribution is -0.137. The van der Waals surface area contributed by atoms with Crippen LogP contribution in [0.3, 0.4) is 0 Å². The van der Waals surface area contributed by atoms with Gasteiger partial charge < -0.3 is 29.7 Å². The summed E-state index contributed by atoms with van der Waals surface area (Å²) in [6, 6.07) is 6.96. The van der Waals surface area contributed by atoms with Gasteiger partial charge in [0.15, 0.2) is 22.6 Å². The topological polar surface area (TPSA) is 155 Å². The Morgan fingerprint density at radius 3 is 2.39 bits per heavy atom. The molecule has 1 aliphatic heterocycles. The molecule has 54 heavy (non-hydrogen) atoms. The molecule has 2 aromatic carbocycles. The lowest BCUT2D eigenvalue weighted by Gasteiger charge is -2.36. The highest BCUT2D eigenvalue weighted by Crippen LogP contribution is 2.34. The van der Waals surface area contributed by atoms with E-state index < -0.39 is 41.3 Å². The van der Waals surface area contributed by atoms with Gasteiger partial charge in [0.1, 0.15) is 24.4 Å². The molecule has 0 spiro atoms. The van der Waals surface area contributed by atoms with Crippen molar-refractivity contribution in [1.29, 1.82) is 0 Å². The predicted octanol–water partition coefficient (Wildman–Crippen LogP) is 4.42. The Bertz CT molecular complexity index is 2320. The van der Waals surface area contributed by atoms with Gasteiger partial charge in [-0.15, -0.1) is 15.0 Å². The van der Waals surface area contributed by atoms with Gasteiger partial charge in [-0.05, 0) is 51.7 Å². The summed E-state index contributed by atoms with van der Waals surface area (Å²) in [5.74, 6) is -2.03. The van der Waals surface area contributed by atoms with Crippen molar-refractivity contribution in [2.24, 2.45) is 0 Å². The molecule has 0 unspecified atom stereocenters. The Morgan fingerprint density at radius 2 is 1.76 bits per heavy atom. The van der Waals surface area contributed by atoms with Gasteiger partial charge in [-0.25, -0.2) is 14.4 Å². The number of hydrogen-bond donors (Lipinski definition) is 2. The molecular weight excluding hydrogens is 736 g/mol. The Hall–Kier alpha value is -5.62. The van der Waals surface area contributed by atoms with Crippen LogP contribution in [-0.2, 0) is 30.5 Å². The van der Waals surface area contributed by atoms with Gasteiger partial charge in [-0.1, -0.05) is 24.6 Å². The second-order valence-corrected chi connectivity index (χ2v) is 13.3. The van der Waals surface area contributed by atoms with Crippen molar-refractivity contribution in [3.63, 3.8) is 0 Å². The van der Waals surface area contributed by atoms with Crippen LogP contribution >= 0.6 is 11.6 Å². The number of aryl methyl sites for hydroxylation is 1. The second-order valence-electron chi connectivity index (χ2n) is 12.9. The first kappa shape index (κ1) is 38.1. The van der Waals surface area contributed by atoms with Gasteiger partial charge in [0.2, 0.25) is 11.3 Å². The summed E-state index contributed by atoms with van der Waals surface area (Å²) in [5, 5.41) is 21.6. The number of hydrogen-bond acceptors (Lipinski definition) is 10. The molecule has 0 atom stereocenters. The lowest BCUT2D eigenvalue weighted by atomic mass is 10.1. The number of halogens is 5. The van der Waals surface area contributed by atoms with E-state index in [0.717, 1.165) is 16.9 Å². The molecule has 2 amide bonds. The average molecular weight is 771 g/mol. The van der Waals surface area contributed by atoms with Crippen LogP contribution in [0.4, 0.5) is 28.9 Å². The molecule has 3 aromatic heterocycles. The van der Waals surface area contributed by atoms with E-state index >= 15 is 4.39 Å². The number of benzene rings is 2. The summed E-state index contributed by atoms with van der Waals surface area (Å²) < 4.78 is 56.3. The fourth-order valence-electron chi connectivity index (χ4n) is 6.26. The Morgan fingerprint density at radius 1 is 1.04 bits per heavy atom. The highest BCUT2D eigenvalue weighted by Gasteiger charge is 2.32. The lowest BCUT2D eigenvalue weighted by Crippen LogP contribution is -2.50. The highest BCUT2D eigenvalue weighted by molar-refractivity contribution is 6.33. The van der Waals surface area contributed by atoms with Crippen LogP contribution in [0, 0.1) is 12.7 Å². The molecule has 2 N–H and O–H groups in total. The Kier molecular flexibility index (Phi) is 10.6. The minimum atomic E-state index is -4.64. The molecule has 19 heteroatoms. The van der Waals surface area contributed by atoms with Crippen molar-refractivity contribution >= 4 is 46.0 Å². The zero-order valence-corrected chi connectivity index (χ0v) is 30.3. The molecule has 4 heterocycles. The minimum absolute atomic E-state index is 0.00969. The van der Waals surface area contributed by atoms with Gasteiger partial charge in [-0.2, -0.15) is 13.2 Å². The molecule has 284 valence electrons. The smallest absolute Gasteiger partial charge is 0.416 e. The maximum Gasteiger partial charge on any atom is 0.416 e. The molecule has 5 aromatic rings. The molecule has 1 aliphatic rings. The van der Waals surface area contributed by atoms with Crippen molar-refractivity contribution in [3.8, 4) is 11.4 Å². The van der Waals surface area contributed by atoms with Crippen LogP contribution in [0.25, 0.3) is 16.9 Å². The minimum Gasteiger partial charge on any atom is -0.504 e. The fourth-order valence-corrected chi connectivity index (χ4v) is 6.49. The first-order valence-corrected chi connectivity index (χ1v) is 17.1. The summed E-state index contributed by atoms with van der Waals surface area (Å²) in [6.45, 7) is 3.88. The van der Waals surface area contributed by atoms with Crippen LogP contribution < -0.4 is 15.6 Å². The summed E-state index contributed by atoms with van der Waals surface area (Å²) in [7, 11) is 3.60. The van der Waals surface area contributed by atoms with Crippen LogP contribution in [0.2, 0.25) is 5.02 Å². The van der Waals surface area contributed by atoms with E-state index in [4.69, 9.17) is 11.6 Å². The molecule has 1 fully saturated rings. The predicted molar refractivity (Wildman–Crippen MR) is 191 cm³/mol. The zero-order valence-electron chi connectivity index (χ0n) is 29.6. The normalized spacial score (nSPS) is 13.6. The third-order valence-corrected chi connectivity index (χ3v) is 9.25. The third kappa shape index (κ3) is 7.56. The van der Waals surface area contributed by atoms with Gasteiger partial charge in [0.05, 0.1) is 27.7 Å². The van der Waals surface area contributed by atoms with Gasteiger partial charge in [0.25, 0.3) is 5.91 Å². The van der Waals surface area contributed by atoms with E-state index in [1.165, 1.54) is 21.9 Å². The zero-order chi connectivity index (χ0) is 39.1. The van der Waals surface area contributed by atoms with Crippen LogP contribution in [0.1, 0.15) is 39.9 Å². The first-order valence-electron chi connectivity index (χ1n) is 16.7. The van der Waals surface area contributed by atoms with Crippen LogP contribution in [0.5, 0.6) is 5.75 Å². The van der Waals surface area contributed by atoms with Crippen molar-refractivity contribution < 1.29 is 32.3 Å². The number of fused-ring (bicyclic) bond motifs is 1. The van der Waals surface area contributed by atoms with Gasteiger partial charge >= 0.3 is 6.18 Å². The summed E-state index contributed by atoms with van der Waals surface area (Å²) in [4.78, 5) is 55.1. The number of alkyl halides is 3. The molecule has 14 nitrogen and oxygen atoms in total. The van der Waals surface area contributed by atoms with E-state index in [2.05, 4.69) is 25.5 Å². The molecule has 0 bridgehead atoms. The van der Waals surface area contributed by atoms with E-state index in [9.17, 15) is 32.7 Å². The number of piperazine rings is 1. The number of pyridine rings is 1. The summed E-state index contributed by atoms with van der Waals surface area (Å²) >= 11 is 6.12. The van der Waals surface area contributed by atoms with Crippen molar-refractivity contribution in [3.05, 3.63) is 92.0 Å². The largest absolute Gasteiger partial charge is 0.504 e. The Labute approximate surface area is 310 Å². The van der Waals surface area contributed by atoms with E-state index in [0.29, 0.717) is 23.9 Å². The van der Waals surface area contributed by atoms with Crippen molar-refractivity contribution in [1.82, 2.24) is 39.3 Å². The van der Waals surface area contributed by atoms with Gasteiger partial charge in [0, 0.05) is 50.0 Å². The number of nitrogens with zero attached hydrogens (tertiary/aromatic N) is 9. The van der Waals surface area contributed by atoms with Gasteiger partial charge in [-0.3, -0.25) is 14.4 Å². The van der Waals surface area contributed by atoms with Crippen LogP contribution in [0.15, 0.2) is 47.5 Å². The third-order valence-electron chi connectivity index (χ3n) is 8.93. The van der Waals surface area contributed by atoms with E-state index in [1.54, 1.807) is 49.9 Å². The quantitative estimate of drug-likeness (QED) is 0.206. The molecule has 1 saturated heterocycles. The second kappa shape index (κ2) is 15.0. The van der Waals surface area contributed by atoms with Crippen molar-refractivity contribution in [2.75, 3.05) is 50.5 Å². The number of carbonyl (C=O) groups excluding carboxylic acids is 2. The number of rotatable bonds is 9. The van der Waals surface area contributed by atoms with Crippen LogP contribution in [-0.4, -0.2) is 96.5 Å². The number of aromatic hydroxyl groups is 1. The van der Waals surface area contributed by atoms with E-state index in [1.807, 2.05) is 0 Å². The summed E-state index contributed by atoms with van der Waals surface area (Å²) in [6.07, 6.45) is -3.23. The van der Waals surface area contributed by atoms with Crippen molar-refractivity contribution in [2.45, 2.75) is 39.5 Å². The number of anilines is 2. The standard InChI is InChI=1S/C35H35ClF4N10O4/c1-5-26-30(47-10-12-48(13-11-47)34(54)29-31(52)19(2)41-18-42-29)32(53)28-33(45-50(44-28)22-8-6-20(16-46(3)4)24(37)15-22)49(26)17-27(51)43-25-9-7-21(14-23(25)36)35(38,39)40/h6-9,14-15,18,52H,5,10-13,16-17H2,1-4H3,(H,43,51). The SMILES string of the molecule is CCc1c(N2CCN(C(=O)c3ncnc(C)c3O)CC2)c(=O)c2nn(-c3ccc(CN(C)C)c(F)c3)nc2n1CC(=O)Nc1ccc(C(F)(F)F)cc1Cl. The number of nitrogens with one attached hydrogen (secondary N) is 1. The average Bonchev–Trinajstić information content (AvgIpc) is 3.58.